The van der Waals surface area contributed by atoms with Crippen molar-refractivity contribution in [3.63, 3.8) is 0 Å². The Bertz CT molecular complexity index is 691. The van der Waals surface area contributed by atoms with E-state index in [9.17, 15) is 0 Å². The number of nitrogens with two attached hydrogens (primary N) is 1. The minimum absolute atomic E-state index is 0.518. The largest absolute Gasteiger partial charge is 0.382 e. The van der Waals surface area contributed by atoms with E-state index in [1.54, 1.807) is 0 Å². The molecule has 4 nitrogen and oxygen atoms in total. The fraction of sp³-hybridized carbons (Fsp3) is 0.154. The van der Waals surface area contributed by atoms with E-state index in [-0.39, 0.29) is 0 Å². The minimum Gasteiger partial charge on any atom is -0.382 e. The average Bonchev–Trinajstić information content (AvgIpc) is 2.83. The first kappa shape index (κ1) is 9.96. The molecule has 2 aromatic heterocycles. The van der Waals surface area contributed by atoms with Crippen LogP contribution >= 0.6 is 0 Å². The molecular weight excluding hydrogens is 212 g/mol. The third-order valence-corrected chi connectivity index (χ3v) is 3.03. The summed E-state index contributed by atoms with van der Waals surface area (Å²) in [6, 6.07) is 8.29. The van der Waals surface area contributed by atoms with Crippen LogP contribution in [0.1, 0.15) is 5.56 Å². The fourth-order valence-electron chi connectivity index (χ4n) is 2.20. The van der Waals surface area contributed by atoms with Crippen LogP contribution in [0.2, 0.25) is 0 Å². The molecule has 0 spiro atoms. The normalized spacial score (nSPS) is 11.2. The molecule has 0 aliphatic heterocycles. The van der Waals surface area contributed by atoms with Gasteiger partial charge in [0.05, 0.1) is 5.69 Å². The molecule has 3 N–H and O–H groups in total. The van der Waals surface area contributed by atoms with Crippen molar-refractivity contribution < 1.29 is 0 Å². The van der Waals surface area contributed by atoms with E-state index in [1.165, 1.54) is 16.5 Å². The quantitative estimate of drug-likeness (QED) is 0.669. The highest BCUT2D eigenvalue weighted by Crippen LogP contribution is 2.30. The second-order valence-corrected chi connectivity index (χ2v) is 4.38. The van der Waals surface area contributed by atoms with Gasteiger partial charge in [-0.3, -0.25) is 5.10 Å². The number of aromatic nitrogens is 3. The maximum Gasteiger partial charge on any atom is 0.145 e. The number of hydrogen-bond donors (Lipinski definition) is 2. The number of rotatable bonds is 1. The number of H-pyrrole nitrogens is 1. The monoisotopic (exact) mass is 226 g/mol. The van der Waals surface area contributed by atoms with Gasteiger partial charge in [0.1, 0.15) is 5.82 Å². The van der Waals surface area contributed by atoms with E-state index in [1.807, 2.05) is 13.1 Å². The molecule has 0 radical (unpaired) electrons. The number of nitrogens with one attached hydrogen (secondary N) is 1. The van der Waals surface area contributed by atoms with Gasteiger partial charge in [-0.2, -0.15) is 5.10 Å². The van der Waals surface area contributed by atoms with Crippen LogP contribution in [0.5, 0.6) is 0 Å². The number of fused-ring (bicyclic) bond motifs is 1. The van der Waals surface area contributed by atoms with Gasteiger partial charge in [0.25, 0.3) is 0 Å². The Morgan fingerprint density at radius 1 is 1.29 bits per heavy atom. The first-order valence-electron chi connectivity index (χ1n) is 5.52. The van der Waals surface area contributed by atoms with E-state index in [4.69, 9.17) is 5.73 Å². The van der Waals surface area contributed by atoms with Crippen molar-refractivity contribution in [2.24, 2.45) is 7.05 Å². The van der Waals surface area contributed by atoms with Crippen LogP contribution in [-0.2, 0) is 7.05 Å². The molecule has 0 amide bonds. The zero-order chi connectivity index (χ0) is 12.0. The summed E-state index contributed by atoms with van der Waals surface area (Å²) >= 11 is 0. The van der Waals surface area contributed by atoms with Crippen LogP contribution in [0.4, 0.5) is 5.82 Å². The van der Waals surface area contributed by atoms with Crippen molar-refractivity contribution in [2.75, 3.05) is 5.73 Å². The standard InChI is InChI=1S/C13H14N4/c1-8-3-4-12-9(5-8)10(7-17(12)2)11-6-13(14)16-15-11/h3-7H,1-2H3,(H3,14,15,16). The van der Waals surface area contributed by atoms with Gasteiger partial charge in [-0.05, 0) is 19.1 Å². The third kappa shape index (κ3) is 1.49. The molecule has 2 heterocycles. The van der Waals surface area contributed by atoms with Crippen molar-refractivity contribution in [3.05, 3.63) is 36.0 Å². The van der Waals surface area contributed by atoms with Gasteiger partial charge in [0, 0.05) is 35.8 Å². The Labute approximate surface area is 99.1 Å². The van der Waals surface area contributed by atoms with Gasteiger partial charge < -0.3 is 10.3 Å². The summed E-state index contributed by atoms with van der Waals surface area (Å²) in [5, 5.41) is 8.15. The molecule has 0 unspecified atom stereocenters. The predicted molar refractivity (Wildman–Crippen MR) is 69.7 cm³/mol. The first-order valence-corrected chi connectivity index (χ1v) is 5.52. The molecule has 1 aromatic carbocycles. The lowest BCUT2D eigenvalue weighted by molar-refractivity contribution is 0.968. The summed E-state index contributed by atoms with van der Waals surface area (Å²) in [5.41, 5.74) is 10.2. The second-order valence-electron chi connectivity index (χ2n) is 4.38. The highest BCUT2D eigenvalue weighted by molar-refractivity contribution is 5.95. The second kappa shape index (κ2) is 3.38. The molecule has 4 heteroatoms. The number of nitrogens with zero attached hydrogens (tertiary/aromatic N) is 2. The van der Waals surface area contributed by atoms with E-state index in [0.29, 0.717) is 5.82 Å². The maximum atomic E-state index is 5.65. The van der Waals surface area contributed by atoms with E-state index in [2.05, 4.69) is 46.1 Å². The Morgan fingerprint density at radius 2 is 2.12 bits per heavy atom. The van der Waals surface area contributed by atoms with Crippen LogP contribution in [0, 0.1) is 6.92 Å². The van der Waals surface area contributed by atoms with Crippen molar-refractivity contribution in [2.45, 2.75) is 6.92 Å². The van der Waals surface area contributed by atoms with Crippen molar-refractivity contribution in [3.8, 4) is 11.3 Å². The van der Waals surface area contributed by atoms with Gasteiger partial charge in [-0.25, -0.2) is 0 Å². The molecule has 0 aliphatic carbocycles. The Balaban J connectivity index is 2.33. The summed E-state index contributed by atoms with van der Waals surface area (Å²) in [5.74, 6) is 0.518. The first-order chi connectivity index (χ1) is 8.15. The summed E-state index contributed by atoms with van der Waals surface area (Å²) < 4.78 is 2.11. The summed E-state index contributed by atoms with van der Waals surface area (Å²) in [6.07, 6.45) is 2.09. The third-order valence-electron chi connectivity index (χ3n) is 3.03. The number of hydrogen-bond acceptors (Lipinski definition) is 2. The molecule has 0 atom stereocenters. The molecule has 0 fully saturated rings. The summed E-state index contributed by atoms with van der Waals surface area (Å²) in [4.78, 5) is 0. The zero-order valence-corrected chi connectivity index (χ0v) is 9.86. The van der Waals surface area contributed by atoms with Gasteiger partial charge in [0.15, 0.2) is 0 Å². The summed E-state index contributed by atoms with van der Waals surface area (Å²) in [7, 11) is 2.04. The highest BCUT2D eigenvalue weighted by atomic mass is 15.2. The Kier molecular flexibility index (Phi) is 1.98. The maximum absolute atomic E-state index is 5.65. The van der Waals surface area contributed by atoms with Gasteiger partial charge in [-0.1, -0.05) is 11.6 Å². The van der Waals surface area contributed by atoms with Crippen LogP contribution in [0.15, 0.2) is 30.5 Å². The Morgan fingerprint density at radius 3 is 2.82 bits per heavy atom. The molecule has 17 heavy (non-hydrogen) atoms. The zero-order valence-electron chi connectivity index (χ0n) is 9.86. The molecule has 3 aromatic rings. The number of anilines is 1. The smallest absolute Gasteiger partial charge is 0.145 e. The lowest BCUT2D eigenvalue weighted by atomic mass is 10.1. The van der Waals surface area contributed by atoms with Gasteiger partial charge >= 0.3 is 0 Å². The predicted octanol–water partition coefficient (Wildman–Crippen LogP) is 2.46. The number of aryl methyl sites for hydroxylation is 2. The minimum atomic E-state index is 0.518. The molecule has 0 aliphatic rings. The van der Waals surface area contributed by atoms with E-state index < -0.39 is 0 Å². The van der Waals surface area contributed by atoms with Crippen LogP contribution in [0.25, 0.3) is 22.2 Å². The van der Waals surface area contributed by atoms with Crippen molar-refractivity contribution in [1.29, 1.82) is 0 Å². The average molecular weight is 226 g/mol. The molecule has 3 rings (SSSR count). The topological polar surface area (TPSA) is 59.6 Å². The van der Waals surface area contributed by atoms with Crippen LogP contribution in [-0.4, -0.2) is 14.8 Å². The SMILES string of the molecule is Cc1ccc2c(c1)c(-c1cc(N)n[nH]1)cn2C. The van der Waals surface area contributed by atoms with E-state index in [0.717, 1.165) is 11.3 Å². The number of aromatic amines is 1. The van der Waals surface area contributed by atoms with Gasteiger partial charge in [0.2, 0.25) is 0 Å². The lowest BCUT2D eigenvalue weighted by Crippen LogP contribution is -1.82. The summed E-state index contributed by atoms with van der Waals surface area (Å²) in [6.45, 7) is 2.09. The fourth-order valence-corrected chi connectivity index (χ4v) is 2.20. The van der Waals surface area contributed by atoms with Crippen molar-refractivity contribution >= 4 is 16.7 Å². The van der Waals surface area contributed by atoms with Crippen LogP contribution in [0.3, 0.4) is 0 Å². The number of benzene rings is 1. The number of nitrogen functional groups attached to an aromatic ring is 1. The Hall–Kier alpha value is -2.23. The van der Waals surface area contributed by atoms with Gasteiger partial charge in [-0.15, -0.1) is 0 Å². The molecular formula is C13H14N4. The van der Waals surface area contributed by atoms with Crippen LogP contribution < -0.4 is 5.73 Å². The highest BCUT2D eigenvalue weighted by Gasteiger charge is 2.10. The molecule has 0 saturated heterocycles. The van der Waals surface area contributed by atoms with Crippen molar-refractivity contribution in [1.82, 2.24) is 14.8 Å². The van der Waals surface area contributed by atoms with E-state index >= 15 is 0 Å². The molecule has 0 saturated carbocycles. The lowest BCUT2D eigenvalue weighted by Gasteiger charge is -1.97. The molecule has 86 valence electrons. The molecule has 0 bridgehead atoms.